The first-order chi connectivity index (χ1) is 8.27. The smallest absolute Gasteiger partial charge is 0.143 e. The van der Waals surface area contributed by atoms with Crippen molar-refractivity contribution in [2.24, 2.45) is 0 Å². The summed E-state index contributed by atoms with van der Waals surface area (Å²) in [7, 11) is 0. The Balaban J connectivity index is 1.97. The van der Waals surface area contributed by atoms with E-state index < -0.39 is 0 Å². The molecule has 2 heterocycles. The molecule has 0 amide bonds. The van der Waals surface area contributed by atoms with Crippen molar-refractivity contribution in [1.82, 2.24) is 14.1 Å². The Morgan fingerprint density at radius 3 is 2.18 bits per heavy atom. The van der Waals surface area contributed by atoms with Gasteiger partial charge in [0.05, 0.1) is 0 Å². The molecule has 84 valence electrons. The van der Waals surface area contributed by atoms with E-state index in [4.69, 9.17) is 0 Å². The molecule has 0 saturated heterocycles. The molecule has 4 rings (SSSR count). The first-order valence-electron chi connectivity index (χ1n) is 5.56. The van der Waals surface area contributed by atoms with Crippen molar-refractivity contribution in [2.45, 2.75) is 6.92 Å². The van der Waals surface area contributed by atoms with Crippen molar-refractivity contribution in [1.29, 1.82) is 0 Å². The second-order valence-electron chi connectivity index (χ2n) is 4.35. The number of para-hydroxylation sites is 2. The lowest BCUT2D eigenvalue weighted by Gasteiger charge is -1.98. The van der Waals surface area contributed by atoms with Crippen molar-refractivity contribution >= 4 is 11.0 Å². The van der Waals surface area contributed by atoms with Crippen LogP contribution in [0, 0.1) is 6.92 Å². The molecule has 2 aromatic carbocycles. The third kappa shape index (κ3) is 0.970. The van der Waals surface area contributed by atoms with Gasteiger partial charge in [-0.1, -0.05) is 18.2 Å². The van der Waals surface area contributed by atoms with Crippen LogP contribution in [-0.4, -0.2) is 19.2 Å². The van der Waals surface area contributed by atoms with Crippen molar-refractivity contribution in [3.05, 3.63) is 48.0 Å². The molecule has 0 radical (unpaired) electrons. The van der Waals surface area contributed by atoms with Crippen LogP contribution in [0.5, 0.6) is 5.75 Å². The SMILES string of the molecule is Cc1ccc(-n2n3c4ccccc4n23)c(O)c1. The number of benzene rings is 2. The summed E-state index contributed by atoms with van der Waals surface area (Å²) in [6.07, 6.45) is 0. The fraction of sp³-hybridized carbons (Fsp3) is 0.0769. The number of hydrogen-bond donors (Lipinski definition) is 1. The number of aromatic nitrogens is 3. The van der Waals surface area contributed by atoms with Crippen LogP contribution in [-0.2, 0) is 0 Å². The molecular weight excluding hydrogens is 214 g/mol. The van der Waals surface area contributed by atoms with Crippen molar-refractivity contribution in [2.75, 3.05) is 0 Å². The lowest BCUT2D eigenvalue weighted by Crippen LogP contribution is -1.87. The monoisotopic (exact) mass is 225 g/mol. The molecule has 0 saturated carbocycles. The van der Waals surface area contributed by atoms with Crippen LogP contribution in [0.4, 0.5) is 0 Å². The van der Waals surface area contributed by atoms with Gasteiger partial charge in [-0.2, -0.15) is 0 Å². The summed E-state index contributed by atoms with van der Waals surface area (Å²) >= 11 is 0. The summed E-state index contributed by atoms with van der Waals surface area (Å²) in [5.41, 5.74) is 4.22. The fourth-order valence-corrected chi connectivity index (χ4v) is 2.30. The first-order valence-corrected chi connectivity index (χ1v) is 5.56. The minimum Gasteiger partial charge on any atom is -0.506 e. The molecule has 0 unspecified atom stereocenters. The molecule has 1 N–H and O–H groups in total. The molecule has 0 bridgehead atoms. The molecular formula is C13H11N3O. The minimum absolute atomic E-state index is 0.310. The summed E-state index contributed by atoms with van der Waals surface area (Å²) in [5.74, 6) is 0.310. The summed E-state index contributed by atoms with van der Waals surface area (Å²) in [4.78, 5) is 1.96. The zero-order chi connectivity index (χ0) is 11.6. The van der Waals surface area contributed by atoms with Crippen LogP contribution in [0.3, 0.4) is 0 Å². The van der Waals surface area contributed by atoms with Crippen molar-refractivity contribution < 1.29 is 5.11 Å². The zero-order valence-corrected chi connectivity index (χ0v) is 9.33. The van der Waals surface area contributed by atoms with Gasteiger partial charge in [0.2, 0.25) is 0 Å². The summed E-state index contributed by atoms with van der Waals surface area (Å²) in [5, 5.41) is 9.95. The predicted octanol–water partition coefficient (Wildman–Crippen LogP) is 2.43. The molecule has 4 nitrogen and oxygen atoms in total. The average Bonchev–Trinajstić information content (AvgIpc) is 2.94. The van der Waals surface area contributed by atoms with Crippen LogP contribution in [0.1, 0.15) is 5.56 Å². The Morgan fingerprint density at radius 2 is 1.59 bits per heavy atom. The third-order valence-electron chi connectivity index (χ3n) is 3.17. The standard InChI is InChI=1S/C13H11N3O/c1-9-6-7-12(13(17)8-9)16-14-10-4-2-3-5-11(10)15(14)16/h2-8,17H,1H3. The Hall–Kier alpha value is -2.36. The largest absolute Gasteiger partial charge is 0.506 e. The average molecular weight is 225 g/mol. The van der Waals surface area contributed by atoms with E-state index in [0.29, 0.717) is 5.75 Å². The molecule has 0 spiro atoms. The Morgan fingerprint density at radius 1 is 0.941 bits per heavy atom. The second kappa shape index (κ2) is 2.66. The summed E-state index contributed by atoms with van der Waals surface area (Å²) in [6.45, 7) is 1.97. The number of phenols is 1. The van der Waals surface area contributed by atoms with Gasteiger partial charge in [0.1, 0.15) is 22.5 Å². The number of phenolic OH excluding ortho intramolecular Hbond substituents is 1. The fourth-order valence-electron chi connectivity index (χ4n) is 2.30. The van der Waals surface area contributed by atoms with E-state index in [1.54, 1.807) is 6.07 Å². The van der Waals surface area contributed by atoms with E-state index in [9.17, 15) is 5.11 Å². The highest BCUT2D eigenvalue weighted by Gasteiger charge is 2.24. The third-order valence-corrected chi connectivity index (χ3v) is 3.17. The van der Waals surface area contributed by atoms with Crippen LogP contribution >= 0.6 is 0 Å². The minimum atomic E-state index is 0.310. The quantitative estimate of drug-likeness (QED) is 0.530. The zero-order valence-electron chi connectivity index (χ0n) is 9.33. The number of aromatic hydroxyl groups is 1. The Bertz CT molecular complexity index is 776. The number of nitrogens with zero attached hydrogens (tertiary/aromatic N) is 3. The van der Waals surface area contributed by atoms with E-state index in [2.05, 4.69) is 12.1 Å². The van der Waals surface area contributed by atoms with Gasteiger partial charge >= 0.3 is 0 Å². The highest BCUT2D eigenvalue weighted by molar-refractivity contribution is 5.79. The van der Waals surface area contributed by atoms with Gasteiger partial charge in [-0.3, -0.25) is 0 Å². The van der Waals surface area contributed by atoms with Crippen LogP contribution in [0.15, 0.2) is 42.5 Å². The number of fused-ring (bicyclic) bond motifs is 4. The lowest BCUT2D eigenvalue weighted by atomic mass is 10.2. The van der Waals surface area contributed by atoms with E-state index in [0.717, 1.165) is 11.3 Å². The number of aryl methyl sites for hydroxylation is 1. The number of rotatable bonds is 1. The lowest BCUT2D eigenvalue weighted by molar-refractivity contribution is 0.471. The first kappa shape index (κ1) is 8.75. The van der Waals surface area contributed by atoms with E-state index in [1.807, 2.05) is 45.2 Å². The summed E-state index contributed by atoms with van der Waals surface area (Å²) < 4.78 is 4.06. The molecule has 17 heavy (non-hydrogen) atoms. The highest BCUT2D eigenvalue weighted by Crippen LogP contribution is 2.30. The molecule has 0 atom stereocenters. The molecule has 2 aromatic heterocycles. The molecule has 0 aliphatic heterocycles. The molecule has 4 aromatic rings. The van der Waals surface area contributed by atoms with Gasteiger partial charge in [0.15, 0.2) is 0 Å². The van der Waals surface area contributed by atoms with E-state index in [-0.39, 0.29) is 0 Å². The Labute approximate surface area is 97.2 Å². The van der Waals surface area contributed by atoms with Gasteiger partial charge in [-0.25, -0.2) is 0 Å². The highest BCUT2D eigenvalue weighted by atomic mass is 16.3. The van der Waals surface area contributed by atoms with Crippen molar-refractivity contribution in [3.63, 3.8) is 0 Å². The molecule has 0 aliphatic carbocycles. The van der Waals surface area contributed by atoms with Gasteiger partial charge in [-0.05, 0) is 36.8 Å². The van der Waals surface area contributed by atoms with Gasteiger partial charge in [0.25, 0.3) is 0 Å². The van der Waals surface area contributed by atoms with Crippen molar-refractivity contribution in [3.8, 4) is 11.4 Å². The normalized spacial score (nSPS) is 12.1. The van der Waals surface area contributed by atoms with Gasteiger partial charge in [-0.15, -0.1) is 14.1 Å². The maximum atomic E-state index is 9.95. The van der Waals surface area contributed by atoms with Crippen LogP contribution < -0.4 is 0 Å². The van der Waals surface area contributed by atoms with Crippen LogP contribution in [0.25, 0.3) is 16.7 Å². The molecule has 0 fully saturated rings. The van der Waals surface area contributed by atoms with E-state index >= 15 is 0 Å². The van der Waals surface area contributed by atoms with E-state index in [1.165, 1.54) is 11.0 Å². The molecule has 0 aliphatic rings. The Kier molecular flexibility index (Phi) is 1.37. The number of hydrogen-bond acceptors (Lipinski definition) is 1. The van der Waals surface area contributed by atoms with Gasteiger partial charge < -0.3 is 5.11 Å². The molecule has 4 heteroatoms. The van der Waals surface area contributed by atoms with Gasteiger partial charge in [0, 0.05) is 0 Å². The maximum absolute atomic E-state index is 9.95. The van der Waals surface area contributed by atoms with Crippen LogP contribution in [0.2, 0.25) is 0 Å². The topological polar surface area (TPSA) is 34.0 Å². The second-order valence-corrected chi connectivity index (χ2v) is 4.35. The predicted molar refractivity (Wildman–Crippen MR) is 65.3 cm³/mol. The summed E-state index contributed by atoms with van der Waals surface area (Å²) in [6, 6.07) is 13.9. The maximum Gasteiger partial charge on any atom is 0.143 e.